The summed E-state index contributed by atoms with van der Waals surface area (Å²) in [5.74, 6) is -0.885. The van der Waals surface area contributed by atoms with Crippen molar-refractivity contribution in [2.75, 3.05) is 7.11 Å². The Labute approximate surface area is 164 Å². The highest BCUT2D eigenvalue weighted by molar-refractivity contribution is 6.03. The van der Waals surface area contributed by atoms with Crippen molar-refractivity contribution < 1.29 is 32.2 Å². The Morgan fingerprint density at radius 3 is 2.52 bits per heavy atom. The SMILES string of the molecule is COc1cc(Oc2cccc(C(F)(F)F)c2)nc(C(=O)NC(=O)NC2CCC2)c1. The Morgan fingerprint density at radius 1 is 1.14 bits per heavy atom. The molecule has 10 heteroatoms. The molecule has 1 fully saturated rings. The third kappa shape index (κ3) is 5.37. The quantitative estimate of drug-likeness (QED) is 0.782. The maximum atomic E-state index is 12.9. The topological polar surface area (TPSA) is 89.6 Å². The molecule has 29 heavy (non-hydrogen) atoms. The standard InChI is InChI=1S/C19H18F3N3O4/c1-28-14-9-15(17(26)25-18(27)23-12-5-3-6-12)24-16(10-14)29-13-7-2-4-11(8-13)19(20,21)22/h2,4,7-10,12H,3,5-6H2,1H3,(H2,23,25,26,27). The van der Waals surface area contributed by atoms with Gasteiger partial charge in [-0.15, -0.1) is 0 Å². The molecule has 1 saturated carbocycles. The van der Waals surface area contributed by atoms with E-state index in [0.717, 1.165) is 31.4 Å². The van der Waals surface area contributed by atoms with Crippen molar-refractivity contribution >= 4 is 11.9 Å². The lowest BCUT2D eigenvalue weighted by molar-refractivity contribution is -0.137. The van der Waals surface area contributed by atoms with Gasteiger partial charge < -0.3 is 14.8 Å². The van der Waals surface area contributed by atoms with Gasteiger partial charge in [0.2, 0.25) is 5.88 Å². The number of pyridine rings is 1. The first-order valence-corrected chi connectivity index (χ1v) is 8.77. The number of carbonyl (C=O) groups excluding carboxylic acids is 2. The molecule has 0 spiro atoms. The van der Waals surface area contributed by atoms with Gasteiger partial charge in [0.15, 0.2) is 0 Å². The second kappa shape index (κ2) is 8.38. The molecule has 1 aromatic heterocycles. The lowest BCUT2D eigenvalue weighted by Gasteiger charge is -2.26. The summed E-state index contributed by atoms with van der Waals surface area (Å²) in [7, 11) is 1.34. The molecule has 2 N–H and O–H groups in total. The van der Waals surface area contributed by atoms with E-state index in [4.69, 9.17) is 9.47 Å². The van der Waals surface area contributed by atoms with Crippen molar-refractivity contribution in [3.63, 3.8) is 0 Å². The van der Waals surface area contributed by atoms with E-state index in [1.807, 2.05) is 0 Å². The van der Waals surface area contributed by atoms with Crippen LogP contribution in [0.25, 0.3) is 0 Å². The zero-order valence-corrected chi connectivity index (χ0v) is 15.4. The number of hydrogen-bond acceptors (Lipinski definition) is 5. The van der Waals surface area contributed by atoms with Gasteiger partial charge >= 0.3 is 12.2 Å². The maximum absolute atomic E-state index is 12.9. The Bertz CT molecular complexity index is 914. The Hall–Kier alpha value is -3.30. The molecular formula is C19H18F3N3O4. The number of hydrogen-bond donors (Lipinski definition) is 2. The van der Waals surface area contributed by atoms with Crippen LogP contribution in [0.4, 0.5) is 18.0 Å². The van der Waals surface area contributed by atoms with Crippen molar-refractivity contribution in [1.82, 2.24) is 15.6 Å². The molecule has 1 heterocycles. The van der Waals surface area contributed by atoms with Crippen LogP contribution in [0.1, 0.15) is 35.3 Å². The van der Waals surface area contributed by atoms with Gasteiger partial charge in [0.05, 0.1) is 12.7 Å². The van der Waals surface area contributed by atoms with E-state index in [0.29, 0.717) is 0 Å². The summed E-state index contributed by atoms with van der Waals surface area (Å²) in [6.07, 6.45) is -1.80. The fourth-order valence-corrected chi connectivity index (χ4v) is 2.57. The highest BCUT2D eigenvalue weighted by Gasteiger charge is 2.30. The Kier molecular flexibility index (Phi) is 5.90. The van der Waals surface area contributed by atoms with Gasteiger partial charge in [-0.25, -0.2) is 9.78 Å². The van der Waals surface area contributed by atoms with Gasteiger partial charge in [-0.1, -0.05) is 6.07 Å². The molecule has 1 aliphatic rings. The van der Waals surface area contributed by atoms with E-state index in [9.17, 15) is 22.8 Å². The predicted molar refractivity (Wildman–Crippen MR) is 95.9 cm³/mol. The van der Waals surface area contributed by atoms with Gasteiger partial charge in [-0.05, 0) is 37.5 Å². The molecule has 3 rings (SSSR count). The van der Waals surface area contributed by atoms with Crippen LogP contribution in [-0.4, -0.2) is 30.1 Å². The van der Waals surface area contributed by atoms with E-state index >= 15 is 0 Å². The van der Waals surface area contributed by atoms with E-state index in [-0.39, 0.29) is 29.1 Å². The van der Waals surface area contributed by atoms with Gasteiger partial charge in [0.25, 0.3) is 5.91 Å². The van der Waals surface area contributed by atoms with E-state index in [1.165, 1.54) is 31.4 Å². The van der Waals surface area contributed by atoms with E-state index < -0.39 is 23.7 Å². The molecule has 2 aromatic rings. The third-order valence-corrected chi connectivity index (χ3v) is 4.29. The number of aromatic nitrogens is 1. The Balaban J connectivity index is 1.76. The summed E-state index contributed by atoms with van der Waals surface area (Å²) >= 11 is 0. The van der Waals surface area contributed by atoms with Crippen LogP contribution in [0.15, 0.2) is 36.4 Å². The number of urea groups is 1. The molecule has 0 radical (unpaired) electrons. The summed E-state index contributed by atoms with van der Waals surface area (Å²) in [5, 5.41) is 4.81. The molecule has 0 aliphatic heterocycles. The molecule has 0 bridgehead atoms. The summed E-state index contributed by atoms with van der Waals surface area (Å²) in [6, 6.07) is 6.22. The van der Waals surface area contributed by atoms with Crippen molar-refractivity contribution in [2.24, 2.45) is 0 Å². The monoisotopic (exact) mass is 409 g/mol. The van der Waals surface area contributed by atoms with Crippen molar-refractivity contribution in [3.05, 3.63) is 47.7 Å². The van der Waals surface area contributed by atoms with Crippen molar-refractivity contribution in [1.29, 1.82) is 0 Å². The van der Waals surface area contributed by atoms with Gasteiger partial charge in [-0.3, -0.25) is 10.1 Å². The van der Waals surface area contributed by atoms with Crippen LogP contribution in [0.2, 0.25) is 0 Å². The number of methoxy groups -OCH3 is 1. The normalized spacial score (nSPS) is 13.9. The zero-order valence-electron chi connectivity index (χ0n) is 15.4. The molecule has 0 saturated heterocycles. The molecule has 1 aliphatic carbocycles. The largest absolute Gasteiger partial charge is 0.496 e. The fraction of sp³-hybridized carbons (Fsp3) is 0.316. The van der Waals surface area contributed by atoms with Gasteiger partial charge in [0, 0.05) is 18.2 Å². The third-order valence-electron chi connectivity index (χ3n) is 4.29. The molecule has 0 atom stereocenters. The zero-order chi connectivity index (χ0) is 21.0. The number of ether oxygens (including phenoxy) is 2. The van der Waals surface area contributed by atoms with Crippen LogP contribution in [0.5, 0.6) is 17.4 Å². The number of halogens is 3. The van der Waals surface area contributed by atoms with Gasteiger partial charge in [-0.2, -0.15) is 13.2 Å². The molecule has 154 valence electrons. The highest BCUT2D eigenvalue weighted by atomic mass is 19.4. The molecular weight excluding hydrogens is 391 g/mol. The predicted octanol–water partition coefficient (Wildman–Crippen LogP) is 3.89. The first-order chi connectivity index (χ1) is 13.7. The summed E-state index contributed by atoms with van der Waals surface area (Å²) in [4.78, 5) is 28.1. The van der Waals surface area contributed by atoms with E-state index in [1.54, 1.807) is 0 Å². The van der Waals surface area contributed by atoms with Crippen LogP contribution >= 0.6 is 0 Å². The minimum absolute atomic E-state index is 0.0425. The molecule has 0 unspecified atom stereocenters. The summed E-state index contributed by atoms with van der Waals surface area (Å²) in [5.41, 5.74) is -1.07. The highest BCUT2D eigenvalue weighted by Crippen LogP contribution is 2.33. The van der Waals surface area contributed by atoms with Crippen LogP contribution in [-0.2, 0) is 6.18 Å². The summed E-state index contributed by atoms with van der Waals surface area (Å²) in [6.45, 7) is 0. The molecule has 7 nitrogen and oxygen atoms in total. The average molecular weight is 409 g/mol. The average Bonchev–Trinajstić information content (AvgIpc) is 2.64. The number of nitrogens with zero attached hydrogens (tertiary/aromatic N) is 1. The minimum atomic E-state index is -4.53. The van der Waals surface area contributed by atoms with Crippen LogP contribution < -0.4 is 20.1 Å². The number of nitrogens with one attached hydrogen (secondary N) is 2. The number of imide groups is 1. The smallest absolute Gasteiger partial charge is 0.416 e. The number of amides is 3. The molecule has 1 aromatic carbocycles. The lowest BCUT2D eigenvalue weighted by atomic mass is 9.93. The number of rotatable bonds is 5. The van der Waals surface area contributed by atoms with Crippen LogP contribution in [0.3, 0.4) is 0 Å². The number of alkyl halides is 3. The maximum Gasteiger partial charge on any atom is 0.416 e. The first-order valence-electron chi connectivity index (χ1n) is 8.77. The summed E-state index contributed by atoms with van der Waals surface area (Å²) < 4.78 is 49.0. The van der Waals surface area contributed by atoms with Gasteiger partial charge in [0.1, 0.15) is 17.2 Å². The van der Waals surface area contributed by atoms with Crippen molar-refractivity contribution in [2.45, 2.75) is 31.5 Å². The van der Waals surface area contributed by atoms with Crippen LogP contribution in [0, 0.1) is 0 Å². The Morgan fingerprint density at radius 2 is 1.90 bits per heavy atom. The molecule has 3 amide bonds. The fourth-order valence-electron chi connectivity index (χ4n) is 2.57. The van der Waals surface area contributed by atoms with Crippen molar-refractivity contribution in [3.8, 4) is 17.4 Å². The lowest BCUT2D eigenvalue weighted by Crippen LogP contribution is -2.47. The minimum Gasteiger partial charge on any atom is -0.496 e. The second-order valence-electron chi connectivity index (χ2n) is 6.41. The number of benzene rings is 1. The van der Waals surface area contributed by atoms with E-state index in [2.05, 4.69) is 15.6 Å². The second-order valence-corrected chi connectivity index (χ2v) is 6.41. The number of carbonyl (C=O) groups is 2. The first kappa shape index (κ1) is 20.4.